The minimum atomic E-state index is -0.900. The van der Waals surface area contributed by atoms with Crippen LogP contribution in [0.25, 0.3) is 0 Å². The smallest absolute Gasteiger partial charge is 0.223 e. The maximum absolute atomic E-state index is 14.1. The molecule has 1 heterocycles. The highest BCUT2D eigenvalue weighted by atomic mass is 19.2. The summed E-state index contributed by atoms with van der Waals surface area (Å²) in [4.78, 5) is 13.8. The van der Waals surface area contributed by atoms with Crippen LogP contribution < -0.4 is 5.73 Å². The van der Waals surface area contributed by atoms with Gasteiger partial charge in [0.15, 0.2) is 11.6 Å². The second kappa shape index (κ2) is 6.31. The number of rotatable bonds is 3. The Hall–Kier alpha value is -1.49. The van der Waals surface area contributed by atoms with Crippen molar-refractivity contribution in [1.29, 1.82) is 0 Å². The molecule has 0 aromatic heterocycles. The molecule has 20 heavy (non-hydrogen) atoms. The van der Waals surface area contributed by atoms with Crippen molar-refractivity contribution in [2.75, 3.05) is 6.54 Å². The monoisotopic (exact) mass is 282 g/mol. The van der Waals surface area contributed by atoms with Crippen molar-refractivity contribution in [3.63, 3.8) is 0 Å². The molecule has 0 spiro atoms. The number of amides is 1. The fourth-order valence-corrected chi connectivity index (χ4v) is 2.83. The van der Waals surface area contributed by atoms with E-state index in [9.17, 15) is 13.6 Å². The molecule has 1 aromatic rings. The Labute approximate surface area is 117 Å². The van der Waals surface area contributed by atoms with E-state index in [1.54, 1.807) is 4.90 Å². The Bertz CT molecular complexity index is 493. The van der Waals surface area contributed by atoms with E-state index in [1.807, 2.05) is 6.92 Å². The van der Waals surface area contributed by atoms with Gasteiger partial charge in [0.25, 0.3) is 0 Å². The number of nitrogens with zero attached hydrogens (tertiary/aromatic N) is 1. The number of carbonyl (C=O) groups excluding carboxylic acids is 1. The summed E-state index contributed by atoms with van der Waals surface area (Å²) in [6, 6.07) is 3.10. The highest BCUT2D eigenvalue weighted by Gasteiger charge is 2.34. The van der Waals surface area contributed by atoms with Gasteiger partial charge in [-0.15, -0.1) is 0 Å². The topological polar surface area (TPSA) is 46.3 Å². The molecule has 1 aromatic carbocycles. The number of carbonyl (C=O) groups is 1. The van der Waals surface area contributed by atoms with Gasteiger partial charge in [-0.05, 0) is 25.3 Å². The molecule has 1 aliphatic heterocycles. The highest BCUT2D eigenvalue weighted by molar-refractivity contribution is 5.77. The molecule has 1 aliphatic rings. The molecule has 2 unspecified atom stereocenters. The Kier molecular flexibility index (Phi) is 4.70. The maximum Gasteiger partial charge on any atom is 0.223 e. The second-order valence-electron chi connectivity index (χ2n) is 5.23. The van der Waals surface area contributed by atoms with E-state index in [2.05, 4.69) is 0 Å². The molecular weight excluding hydrogens is 262 g/mol. The van der Waals surface area contributed by atoms with Crippen LogP contribution in [0.5, 0.6) is 0 Å². The molecule has 110 valence electrons. The van der Waals surface area contributed by atoms with Crippen molar-refractivity contribution in [1.82, 2.24) is 4.90 Å². The lowest BCUT2D eigenvalue weighted by Gasteiger charge is -2.34. The number of halogens is 2. The predicted octanol–water partition coefficient (Wildman–Crippen LogP) is 2.76. The van der Waals surface area contributed by atoms with Gasteiger partial charge >= 0.3 is 0 Å². The van der Waals surface area contributed by atoms with Crippen LogP contribution in [-0.2, 0) is 4.79 Å². The highest BCUT2D eigenvalue weighted by Crippen LogP contribution is 2.32. The van der Waals surface area contributed by atoms with Crippen LogP contribution in [-0.4, -0.2) is 23.4 Å². The molecule has 0 aliphatic carbocycles. The van der Waals surface area contributed by atoms with Gasteiger partial charge in [-0.2, -0.15) is 0 Å². The molecule has 2 N–H and O–H groups in total. The van der Waals surface area contributed by atoms with E-state index in [0.717, 1.165) is 12.5 Å². The molecule has 1 fully saturated rings. The molecule has 0 bridgehead atoms. The van der Waals surface area contributed by atoms with Gasteiger partial charge in [0.2, 0.25) is 5.91 Å². The van der Waals surface area contributed by atoms with Crippen LogP contribution in [0.1, 0.15) is 44.2 Å². The van der Waals surface area contributed by atoms with Gasteiger partial charge in [0.05, 0.1) is 6.04 Å². The Balaban J connectivity index is 2.46. The average molecular weight is 282 g/mol. The second-order valence-corrected chi connectivity index (χ2v) is 5.23. The Morgan fingerprint density at radius 2 is 2.15 bits per heavy atom. The first kappa shape index (κ1) is 14.9. The summed E-state index contributed by atoms with van der Waals surface area (Å²) in [5.74, 6) is -1.83. The zero-order chi connectivity index (χ0) is 14.7. The van der Waals surface area contributed by atoms with E-state index in [4.69, 9.17) is 5.73 Å². The van der Waals surface area contributed by atoms with Gasteiger partial charge in [-0.3, -0.25) is 4.79 Å². The third-order valence-electron chi connectivity index (χ3n) is 3.75. The summed E-state index contributed by atoms with van der Waals surface area (Å²) in [7, 11) is 0. The van der Waals surface area contributed by atoms with E-state index >= 15 is 0 Å². The number of nitrogens with two attached hydrogens (primary N) is 1. The van der Waals surface area contributed by atoms with Gasteiger partial charge in [-0.25, -0.2) is 8.78 Å². The van der Waals surface area contributed by atoms with E-state index < -0.39 is 17.7 Å². The SMILES string of the molecule is CCCN1C(=O)CCCC(N)C1c1cccc(F)c1F. The van der Waals surface area contributed by atoms with Crippen LogP contribution >= 0.6 is 0 Å². The lowest BCUT2D eigenvalue weighted by molar-refractivity contribution is -0.133. The standard InChI is InChI=1S/C15H20F2N2O/c1-2-9-19-13(20)8-4-7-12(18)15(19)10-5-3-6-11(16)14(10)17/h3,5-6,12,15H,2,4,7-9,18H2,1H3. The first-order valence-corrected chi connectivity index (χ1v) is 7.05. The van der Waals surface area contributed by atoms with Gasteiger partial charge in [0.1, 0.15) is 0 Å². The van der Waals surface area contributed by atoms with Crippen molar-refractivity contribution in [2.45, 2.75) is 44.7 Å². The minimum Gasteiger partial charge on any atom is -0.334 e. The van der Waals surface area contributed by atoms with Gasteiger partial charge in [0, 0.05) is 24.6 Å². The zero-order valence-electron chi connectivity index (χ0n) is 11.6. The first-order chi connectivity index (χ1) is 9.56. The lowest BCUT2D eigenvalue weighted by atomic mass is 9.95. The van der Waals surface area contributed by atoms with Crippen molar-refractivity contribution in [3.05, 3.63) is 35.4 Å². The lowest BCUT2D eigenvalue weighted by Crippen LogP contribution is -2.43. The van der Waals surface area contributed by atoms with Crippen LogP contribution in [0.3, 0.4) is 0 Å². The molecule has 3 nitrogen and oxygen atoms in total. The molecule has 5 heteroatoms. The number of likely N-dealkylation sites (tertiary alicyclic amines) is 1. The summed E-state index contributed by atoms with van der Waals surface area (Å²) in [6.45, 7) is 2.45. The minimum absolute atomic E-state index is 0.0338. The molecule has 1 saturated heterocycles. The fraction of sp³-hybridized carbons (Fsp3) is 0.533. The number of benzene rings is 1. The summed E-state index contributed by atoms with van der Waals surface area (Å²) in [5, 5.41) is 0. The van der Waals surface area contributed by atoms with Crippen LogP contribution in [0.15, 0.2) is 18.2 Å². The quantitative estimate of drug-likeness (QED) is 0.926. The third-order valence-corrected chi connectivity index (χ3v) is 3.75. The van der Waals surface area contributed by atoms with E-state index in [1.165, 1.54) is 12.1 Å². The molecule has 0 saturated carbocycles. The molecule has 2 rings (SSSR count). The van der Waals surface area contributed by atoms with Gasteiger partial charge < -0.3 is 10.6 Å². The van der Waals surface area contributed by atoms with E-state index in [-0.39, 0.29) is 17.5 Å². The molecule has 0 radical (unpaired) electrons. The van der Waals surface area contributed by atoms with Crippen molar-refractivity contribution >= 4 is 5.91 Å². The fourth-order valence-electron chi connectivity index (χ4n) is 2.83. The summed E-state index contributed by atoms with van der Waals surface area (Å²) < 4.78 is 27.5. The summed E-state index contributed by atoms with van der Waals surface area (Å²) in [5.41, 5.74) is 6.31. The van der Waals surface area contributed by atoms with Crippen LogP contribution in [0.2, 0.25) is 0 Å². The van der Waals surface area contributed by atoms with Crippen LogP contribution in [0.4, 0.5) is 8.78 Å². The normalized spacial score (nSPS) is 23.8. The first-order valence-electron chi connectivity index (χ1n) is 7.05. The predicted molar refractivity (Wildman–Crippen MR) is 72.9 cm³/mol. The Morgan fingerprint density at radius 1 is 1.40 bits per heavy atom. The van der Waals surface area contributed by atoms with Crippen molar-refractivity contribution in [2.24, 2.45) is 5.73 Å². The average Bonchev–Trinajstić information content (AvgIpc) is 2.54. The number of hydrogen-bond donors (Lipinski definition) is 1. The van der Waals surface area contributed by atoms with Crippen LogP contribution in [0, 0.1) is 11.6 Å². The molecular formula is C15H20F2N2O. The Morgan fingerprint density at radius 3 is 2.85 bits per heavy atom. The molecule has 1 amide bonds. The van der Waals surface area contributed by atoms with E-state index in [0.29, 0.717) is 25.8 Å². The van der Waals surface area contributed by atoms with Crippen molar-refractivity contribution in [3.8, 4) is 0 Å². The largest absolute Gasteiger partial charge is 0.334 e. The number of hydrogen-bond acceptors (Lipinski definition) is 2. The third kappa shape index (κ3) is 2.82. The summed E-state index contributed by atoms with van der Waals surface area (Å²) >= 11 is 0. The van der Waals surface area contributed by atoms with Gasteiger partial charge in [-0.1, -0.05) is 19.1 Å². The molecule has 2 atom stereocenters. The summed E-state index contributed by atoms with van der Waals surface area (Å²) in [6.07, 6.45) is 2.49. The zero-order valence-corrected chi connectivity index (χ0v) is 11.6. The maximum atomic E-state index is 14.1. The van der Waals surface area contributed by atoms with Crippen molar-refractivity contribution < 1.29 is 13.6 Å².